The van der Waals surface area contributed by atoms with Crippen LogP contribution in [0, 0.1) is 34.5 Å². The fraction of sp³-hybridized carbons (Fsp3) is 0.667. The number of hydrogen-bond donors (Lipinski definition) is 0. The number of rotatable bonds is 3. The molecule has 0 aliphatic carbocycles. The first-order chi connectivity index (χ1) is 11.6. The first kappa shape index (κ1) is 46.5. The van der Waals surface area contributed by atoms with Crippen molar-refractivity contribution in [3.8, 4) is 12.1 Å². The summed E-state index contributed by atoms with van der Waals surface area (Å²) in [7, 11) is 1.29. The van der Waals surface area contributed by atoms with E-state index in [9.17, 15) is 4.79 Å². The number of alkyl halides is 1. The molecular weight excluding hydrogens is 525 g/mol. The second-order valence-electron chi connectivity index (χ2n) is 4.18. The summed E-state index contributed by atoms with van der Waals surface area (Å²) < 4.78 is 5.21. The number of carbonyl (C=O) groups excluding carboxylic acids is 4. The molecule has 0 spiro atoms. The molecule has 0 fully saturated rings. The van der Waals surface area contributed by atoms with E-state index >= 15 is 0 Å². The van der Waals surface area contributed by atoms with Crippen molar-refractivity contribution in [2.24, 2.45) is 11.8 Å². The van der Waals surface area contributed by atoms with Gasteiger partial charge in [-0.1, -0.05) is 57.2 Å². The molecule has 0 saturated carbocycles. The number of ether oxygens (including phenoxy) is 1. The van der Waals surface area contributed by atoms with Crippen molar-refractivity contribution in [2.75, 3.05) is 7.11 Å². The van der Waals surface area contributed by atoms with Gasteiger partial charge in [0.15, 0.2) is 0 Å². The number of nitriles is 2. The Balaban J connectivity index is -0.0000000318. The molecule has 0 amide bonds. The van der Waals surface area contributed by atoms with Crippen molar-refractivity contribution in [1.82, 2.24) is 0 Å². The van der Waals surface area contributed by atoms with Crippen LogP contribution in [0.15, 0.2) is 0 Å². The zero-order chi connectivity index (χ0) is 21.3. The van der Waals surface area contributed by atoms with Gasteiger partial charge in [0, 0.05) is 10.3 Å². The molecule has 0 aliphatic rings. The van der Waals surface area contributed by atoms with Crippen LogP contribution in [0.1, 0.15) is 42.5 Å². The molecule has 9 nitrogen and oxygen atoms in total. The zero-order valence-electron chi connectivity index (χ0n) is 18.1. The third kappa shape index (κ3) is 74.7. The van der Waals surface area contributed by atoms with Gasteiger partial charge in [-0.3, -0.25) is 9.59 Å². The number of nitrogens with zero attached hydrogens (tertiary/aromatic N) is 2. The fourth-order valence-electron chi connectivity index (χ4n) is 0.601. The van der Waals surface area contributed by atoms with Crippen molar-refractivity contribution < 1.29 is 138 Å². The number of esters is 1. The van der Waals surface area contributed by atoms with Crippen LogP contribution in [-0.4, -0.2) is 29.6 Å². The standard InChI is InChI=1S/C7H11NO2.C3H7I.C3H5N.CH2O3.CO2.2K.H/c1-5(2)6(4-8)7(9)10-3;1-3(2)4;1-2-3-4;2-1-4-3;2-1-3;;;/h5-6H,1-3H3;3H,1-2H3;2H2,1H3;1,3H;;;;/q;;;;;2*+1;-1/p-1. The minimum atomic E-state index is -0.620. The summed E-state index contributed by atoms with van der Waals surface area (Å²) in [5, 5.41) is 24.5. The summed E-state index contributed by atoms with van der Waals surface area (Å²) in [4.78, 5) is 38.2. The monoisotopic (exact) mass is 550 g/mol. The summed E-state index contributed by atoms with van der Waals surface area (Å²) in [6, 6.07) is 3.81. The van der Waals surface area contributed by atoms with Crippen molar-refractivity contribution in [3.05, 3.63) is 0 Å². The molecule has 0 aromatic heterocycles. The molecule has 0 bridgehead atoms. The molecule has 1 atom stereocenters. The maximum Gasteiger partial charge on any atom is 1.00 e. The second-order valence-corrected chi connectivity index (χ2v) is 6.67. The Labute approximate surface area is 261 Å². The van der Waals surface area contributed by atoms with Gasteiger partial charge in [-0.25, -0.2) is 0 Å². The van der Waals surface area contributed by atoms with Gasteiger partial charge in [-0.15, -0.1) is 0 Å². The third-order valence-electron chi connectivity index (χ3n) is 1.46. The average Bonchev–Trinajstić information content (AvgIpc) is 2.55. The average molecular weight is 550 g/mol. The van der Waals surface area contributed by atoms with Crippen LogP contribution in [0.2, 0.25) is 0 Å². The van der Waals surface area contributed by atoms with Gasteiger partial charge in [0.1, 0.15) is 5.92 Å². The second kappa shape index (κ2) is 45.8. The molecule has 0 aliphatic heterocycles. The predicted octanol–water partition coefficient (Wildman–Crippen LogP) is -4.32. The first-order valence-corrected chi connectivity index (χ1v) is 8.05. The molecule has 0 rings (SSSR count). The summed E-state index contributed by atoms with van der Waals surface area (Å²) in [5.74, 6) is -1.04. The Morgan fingerprint density at radius 1 is 1.22 bits per heavy atom. The predicted molar refractivity (Wildman–Crippen MR) is 94.3 cm³/mol. The minimum Gasteiger partial charge on any atom is -1.00 e. The zero-order valence-corrected chi connectivity index (χ0v) is 25.6. The van der Waals surface area contributed by atoms with E-state index in [0.717, 1.165) is 3.92 Å². The molecule has 0 radical (unpaired) electrons. The van der Waals surface area contributed by atoms with E-state index in [-0.39, 0.29) is 123 Å². The molecule has 12 heteroatoms. The Hall–Kier alpha value is 1.26. The molecule has 27 heavy (non-hydrogen) atoms. The Bertz CT molecular complexity index is 423. The van der Waals surface area contributed by atoms with Crippen molar-refractivity contribution in [3.63, 3.8) is 0 Å². The molecule has 1 unspecified atom stereocenters. The van der Waals surface area contributed by atoms with E-state index < -0.39 is 11.9 Å². The van der Waals surface area contributed by atoms with Crippen LogP contribution in [-0.2, 0) is 28.8 Å². The molecule has 0 saturated heterocycles. The Morgan fingerprint density at radius 2 is 1.48 bits per heavy atom. The SMILES string of the molecule is CC(C)I.CCC#N.COC(=O)C(C#N)C(C)C.O=C=O.O=CO[O-].[H-].[K+].[K+]. The van der Waals surface area contributed by atoms with E-state index in [4.69, 9.17) is 30.2 Å². The number of halogens is 1. The van der Waals surface area contributed by atoms with E-state index in [1.165, 1.54) is 7.11 Å². The van der Waals surface area contributed by atoms with E-state index in [1.807, 2.05) is 32.9 Å². The smallest absolute Gasteiger partial charge is 1.00 e. The van der Waals surface area contributed by atoms with Crippen molar-refractivity contribution >= 4 is 41.2 Å². The maximum atomic E-state index is 10.7. The fourth-order valence-corrected chi connectivity index (χ4v) is 0.601. The van der Waals surface area contributed by atoms with Crippen LogP contribution < -0.4 is 108 Å². The van der Waals surface area contributed by atoms with Gasteiger partial charge >= 0.3 is 115 Å². The van der Waals surface area contributed by atoms with Crippen LogP contribution in [0.3, 0.4) is 0 Å². The summed E-state index contributed by atoms with van der Waals surface area (Å²) in [6.45, 7) is 9.57. The van der Waals surface area contributed by atoms with Gasteiger partial charge in [-0.2, -0.15) is 20.1 Å². The number of hydrogen-bond acceptors (Lipinski definition) is 9. The molecule has 0 aromatic carbocycles. The van der Waals surface area contributed by atoms with Gasteiger partial charge < -0.3 is 16.3 Å². The van der Waals surface area contributed by atoms with Crippen LogP contribution in [0.25, 0.3) is 0 Å². The van der Waals surface area contributed by atoms with Crippen molar-refractivity contribution in [2.45, 2.75) is 45.0 Å². The largest absolute Gasteiger partial charge is 1.00 e. The minimum absolute atomic E-state index is 0. The quantitative estimate of drug-likeness (QED) is 0.0645. The van der Waals surface area contributed by atoms with E-state index in [1.54, 1.807) is 0 Å². The van der Waals surface area contributed by atoms with Crippen LogP contribution in [0.5, 0.6) is 0 Å². The van der Waals surface area contributed by atoms with E-state index in [2.05, 4.69) is 46.1 Å². The Morgan fingerprint density at radius 3 is 1.52 bits per heavy atom. The summed E-state index contributed by atoms with van der Waals surface area (Å²) in [6.07, 6.45) is 0.875. The van der Waals surface area contributed by atoms with Gasteiger partial charge in [0.05, 0.1) is 19.2 Å². The molecule has 0 aromatic rings. The van der Waals surface area contributed by atoms with Gasteiger partial charge in [0.25, 0.3) is 6.47 Å². The first-order valence-electron chi connectivity index (χ1n) is 6.81. The molecule has 0 heterocycles. The van der Waals surface area contributed by atoms with Crippen LogP contribution >= 0.6 is 22.6 Å². The van der Waals surface area contributed by atoms with Crippen LogP contribution in [0.4, 0.5) is 0 Å². The summed E-state index contributed by atoms with van der Waals surface area (Å²) in [5.41, 5.74) is 0. The Kier molecular flexibility index (Phi) is 78.8. The number of methoxy groups -OCH3 is 1. The van der Waals surface area contributed by atoms with Crippen molar-refractivity contribution in [1.29, 1.82) is 10.5 Å². The maximum absolute atomic E-state index is 10.7. The normalized spacial score (nSPS) is 7.70. The molecule has 0 N–H and O–H groups in total. The number of carbonyl (C=O) groups is 2. The topological polar surface area (TPSA) is 157 Å². The molecular formula is C15H25IK2N2O7. The van der Waals surface area contributed by atoms with E-state index in [0.29, 0.717) is 6.42 Å². The molecule has 146 valence electrons. The van der Waals surface area contributed by atoms with Gasteiger partial charge in [0.2, 0.25) is 0 Å². The van der Waals surface area contributed by atoms with Gasteiger partial charge in [-0.05, 0) is 5.92 Å². The summed E-state index contributed by atoms with van der Waals surface area (Å²) >= 11 is 2.34. The third-order valence-corrected chi connectivity index (χ3v) is 1.46.